The first-order valence-corrected chi connectivity index (χ1v) is 9.90. The molecule has 2 rings (SSSR count). The van der Waals surface area contributed by atoms with Crippen LogP contribution in [-0.2, 0) is 4.79 Å². The second-order valence-electron chi connectivity index (χ2n) is 7.38. The Labute approximate surface area is 139 Å². The summed E-state index contributed by atoms with van der Waals surface area (Å²) in [5.41, 5.74) is -1.14. The molecule has 1 amide bonds. The summed E-state index contributed by atoms with van der Waals surface area (Å²) in [5, 5.41) is 13.5. The molecule has 1 unspecified atom stereocenters. The highest BCUT2D eigenvalue weighted by molar-refractivity contribution is 7.99. The van der Waals surface area contributed by atoms with Crippen molar-refractivity contribution in [3.8, 4) is 0 Å². The van der Waals surface area contributed by atoms with Crippen LogP contribution < -0.4 is 5.32 Å². The van der Waals surface area contributed by atoms with Crippen LogP contribution in [0.15, 0.2) is 0 Å². The van der Waals surface area contributed by atoms with Gasteiger partial charge in [0.15, 0.2) is 0 Å². The van der Waals surface area contributed by atoms with Crippen LogP contribution in [0.4, 0.5) is 0 Å². The summed E-state index contributed by atoms with van der Waals surface area (Å²) in [6, 6.07) is 0.373. The van der Waals surface area contributed by atoms with Crippen molar-refractivity contribution in [2.75, 3.05) is 31.1 Å². The Hall–Kier alpha value is -0.260. The van der Waals surface area contributed by atoms with Crippen molar-refractivity contribution in [2.45, 2.75) is 58.1 Å². The average molecular weight is 329 g/mol. The van der Waals surface area contributed by atoms with E-state index in [0.717, 1.165) is 30.5 Å². The van der Waals surface area contributed by atoms with Crippen LogP contribution in [0.5, 0.6) is 0 Å². The monoisotopic (exact) mass is 328 g/mol. The Balaban J connectivity index is 1.87. The molecule has 2 aliphatic heterocycles. The standard InChI is InChI=1S/C17H32N2O2S/c1-13(2)15(19-8-4-14(3)5-9-19)12-18-16(20)17(21)6-10-22-11-7-17/h13-15,21H,4-12H2,1-3H3,(H,18,20). The maximum atomic E-state index is 12.4. The Morgan fingerprint density at radius 1 is 1.32 bits per heavy atom. The van der Waals surface area contributed by atoms with E-state index < -0.39 is 5.60 Å². The minimum Gasteiger partial charge on any atom is -0.380 e. The molecular formula is C17H32N2O2S. The Bertz CT molecular complexity index is 362. The molecule has 0 saturated carbocycles. The van der Waals surface area contributed by atoms with Crippen LogP contribution in [0, 0.1) is 11.8 Å². The number of thioether (sulfide) groups is 1. The van der Waals surface area contributed by atoms with E-state index in [9.17, 15) is 9.90 Å². The van der Waals surface area contributed by atoms with Crippen molar-refractivity contribution >= 4 is 17.7 Å². The Morgan fingerprint density at radius 3 is 2.45 bits per heavy atom. The van der Waals surface area contributed by atoms with Crippen molar-refractivity contribution in [3.05, 3.63) is 0 Å². The highest BCUT2D eigenvalue weighted by Gasteiger charge is 2.38. The number of nitrogens with zero attached hydrogens (tertiary/aromatic N) is 1. The summed E-state index contributed by atoms with van der Waals surface area (Å²) in [4.78, 5) is 14.9. The fourth-order valence-corrected chi connectivity index (χ4v) is 4.61. The predicted octanol–water partition coefficient (Wildman–Crippen LogP) is 2.12. The van der Waals surface area contributed by atoms with E-state index in [2.05, 4.69) is 31.0 Å². The number of hydrogen-bond donors (Lipinski definition) is 2. The molecule has 2 fully saturated rings. The minimum absolute atomic E-state index is 0.163. The van der Waals surface area contributed by atoms with Gasteiger partial charge in [0.2, 0.25) is 0 Å². The summed E-state index contributed by atoms with van der Waals surface area (Å²) >= 11 is 1.82. The zero-order valence-electron chi connectivity index (χ0n) is 14.3. The second-order valence-corrected chi connectivity index (χ2v) is 8.61. The summed E-state index contributed by atoms with van der Waals surface area (Å²) < 4.78 is 0. The minimum atomic E-state index is -1.14. The van der Waals surface area contributed by atoms with Crippen molar-refractivity contribution in [1.29, 1.82) is 0 Å². The van der Waals surface area contributed by atoms with Crippen molar-refractivity contribution in [2.24, 2.45) is 11.8 Å². The van der Waals surface area contributed by atoms with Crippen LogP contribution in [0.2, 0.25) is 0 Å². The molecule has 5 heteroatoms. The lowest BCUT2D eigenvalue weighted by Gasteiger charge is -2.39. The fraction of sp³-hybridized carbons (Fsp3) is 0.941. The maximum Gasteiger partial charge on any atom is 0.252 e. The summed E-state index contributed by atoms with van der Waals surface area (Å²) in [6.07, 6.45) is 3.66. The first-order valence-electron chi connectivity index (χ1n) is 8.75. The smallest absolute Gasteiger partial charge is 0.252 e. The summed E-state index contributed by atoms with van der Waals surface area (Å²) in [7, 11) is 0. The van der Waals surface area contributed by atoms with Gasteiger partial charge in [-0.2, -0.15) is 11.8 Å². The zero-order chi connectivity index (χ0) is 16.2. The van der Waals surface area contributed by atoms with Gasteiger partial charge in [-0.1, -0.05) is 20.8 Å². The molecule has 0 aromatic rings. The van der Waals surface area contributed by atoms with Gasteiger partial charge >= 0.3 is 0 Å². The first-order chi connectivity index (χ1) is 10.4. The number of hydrogen-bond acceptors (Lipinski definition) is 4. The Morgan fingerprint density at radius 2 is 1.91 bits per heavy atom. The van der Waals surface area contributed by atoms with Crippen LogP contribution in [0.25, 0.3) is 0 Å². The highest BCUT2D eigenvalue weighted by Crippen LogP contribution is 2.27. The SMILES string of the molecule is CC1CCN(C(CNC(=O)C2(O)CCSCC2)C(C)C)CC1. The molecule has 0 aromatic heterocycles. The van der Waals surface area contributed by atoms with Gasteiger partial charge < -0.3 is 10.4 Å². The molecule has 4 nitrogen and oxygen atoms in total. The van der Waals surface area contributed by atoms with Crippen LogP contribution in [0.3, 0.4) is 0 Å². The molecule has 0 aromatic carbocycles. The van der Waals surface area contributed by atoms with Gasteiger partial charge in [0.25, 0.3) is 5.91 Å². The van der Waals surface area contributed by atoms with Gasteiger partial charge in [0.05, 0.1) is 0 Å². The Kier molecular flexibility index (Phi) is 6.59. The van der Waals surface area contributed by atoms with E-state index in [4.69, 9.17) is 0 Å². The summed E-state index contributed by atoms with van der Waals surface area (Å²) in [5.74, 6) is 2.91. The van der Waals surface area contributed by atoms with Crippen molar-refractivity contribution in [3.63, 3.8) is 0 Å². The van der Waals surface area contributed by atoms with E-state index in [1.165, 1.54) is 12.8 Å². The molecule has 128 valence electrons. The van der Waals surface area contributed by atoms with E-state index in [-0.39, 0.29) is 5.91 Å². The largest absolute Gasteiger partial charge is 0.380 e. The van der Waals surface area contributed by atoms with Gasteiger partial charge in [0, 0.05) is 12.6 Å². The average Bonchev–Trinajstić information content (AvgIpc) is 2.49. The number of rotatable bonds is 5. The molecule has 22 heavy (non-hydrogen) atoms. The maximum absolute atomic E-state index is 12.4. The third-order valence-electron chi connectivity index (χ3n) is 5.27. The number of carbonyl (C=O) groups excluding carboxylic acids is 1. The lowest BCUT2D eigenvalue weighted by molar-refractivity contribution is -0.140. The molecule has 1 atom stereocenters. The van der Waals surface area contributed by atoms with E-state index >= 15 is 0 Å². The molecule has 0 radical (unpaired) electrons. The molecule has 0 bridgehead atoms. The van der Waals surface area contributed by atoms with Crippen molar-refractivity contribution < 1.29 is 9.90 Å². The van der Waals surface area contributed by atoms with Gasteiger partial charge in [-0.05, 0) is 62.1 Å². The number of amides is 1. The molecule has 2 saturated heterocycles. The number of carbonyl (C=O) groups is 1. The molecule has 2 aliphatic rings. The molecule has 0 spiro atoms. The fourth-order valence-electron chi connectivity index (χ4n) is 3.44. The normalized spacial score (nSPS) is 25.1. The van der Waals surface area contributed by atoms with E-state index in [0.29, 0.717) is 31.3 Å². The van der Waals surface area contributed by atoms with E-state index in [1.54, 1.807) is 0 Å². The molecule has 2 N–H and O–H groups in total. The van der Waals surface area contributed by atoms with Crippen molar-refractivity contribution in [1.82, 2.24) is 10.2 Å². The van der Waals surface area contributed by atoms with Crippen LogP contribution in [-0.4, -0.2) is 58.7 Å². The first kappa shape index (κ1) is 18.1. The lowest BCUT2D eigenvalue weighted by atomic mass is 9.93. The van der Waals surface area contributed by atoms with Gasteiger partial charge in [-0.3, -0.25) is 9.69 Å². The lowest BCUT2D eigenvalue weighted by Crippen LogP contribution is -2.54. The van der Waals surface area contributed by atoms with Gasteiger partial charge in [-0.25, -0.2) is 0 Å². The van der Waals surface area contributed by atoms with Crippen LogP contribution >= 0.6 is 11.8 Å². The topological polar surface area (TPSA) is 52.6 Å². The highest BCUT2D eigenvalue weighted by atomic mass is 32.2. The van der Waals surface area contributed by atoms with Gasteiger partial charge in [0.1, 0.15) is 5.60 Å². The third kappa shape index (κ3) is 4.62. The molecule has 2 heterocycles. The quantitative estimate of drug-likeness (QED) is 0.812. The van der Waals surface area contributed by atoms with E-state index in [1.807, 2.05) is 11.8 Å². The number of likely N-dealkylation sites (tertiary alicyclic amines) is 1. The summed E-state index contributed by atoms with van der Waals surface area (Å²) in [6.45, 7) is 9.67. The third-order valence-corrected chi connectivity index (χ3v) is 6.26. The number of nitrogens with one attached hydrogen (secondary N) is 1. The predicted molar refractivity (Wildman–Crippen MR) is 93.1 cm³/mol. The number of piperidine rings is 1. The second kappa shape index (κ2) is 8.02. The molecule has 0 aliphatic carbocycles. The van der Waals surface area contributed by atoms with Crippen LogP contribution in [0.1, 0.15) is 46.5 Å². The number of aliphatic hydroxyl groups is 1. The van der Waals surface area contributed by atoms with Gasteiger partial charge in [-0.15, -0.1) is 0 Å². The molecular weight excluding hydrogens is 296 g/mol. The zero-order valence-corrected chi connectivity index (χ0v) is 15.1.